The lowest BCUT2D eigenvalue weighted by Gasteiger charge is -2.31. The van der Waals surface area contributed by atoms with Crippen molar-refractivity contribution in [1.29, 1.82) is 0 Å². The lowest BCUT2D eigenvalue weighted by Crippen LogP contribution is -2.43. The van der Waals surface area contributed by atoms with Gasteiger partial charge in [-0.3, -0.25) is 14.4 Å². The topological polar surface area (TPSA) is 104 Å². The maximum absolute atomic E-state index is 12.6. The highest BCUT2D eigenvalue weighted by Gasteiger charge is 2.30. The number of hydrogen-bond acceptors (Lipinski definition) is 6. The molecule has 12 heteroatoms. The molecular weight excluding hydrogens is 435 g/mol. The van der Waals surface area contributed by atoms with Crippen LogP contribution in [0, 0.1) is 12.8 Å². The van der Waals surface area contributed by atoms with E-state index >= 15 is 0 Å². The summed E-state index contributed by atoms with van der Waals surface area (Å²) in [6.45, 7) is 3.04. The number of nitrogens with zero attached hydrogens (tertiary/aromatic N) is 3. The van der Waals surface area contributed by atoms with E-state index < -0.39 is 23.6 Å². The molecule has 3 amide bonds. The van der Waals surface area contributed by atoms with Crippen molar-refractivity contribution in [3.8, 4) is 0 Å². The number of halogens is 3. The Kier molecular flexibility index (Phi) is 6.88. The quantitative estimate of drug-likeness (QED) is 0.690. The van der Waals surface area contributed by atoms with Gasteiger partial charge in [0.05, 0.1) is 11.3 Å². The van der Waals surface area contributed by atoms with Gasteiger partial charge in [-0.1, -0.05) is 4.49 Å². The monoisotopic (exact) mass is 455 g/mol. The first-order valence-corrected chi connectivity index (χ1v) is 10.3. The normalized spacial score (nSPS) is 14.9. The summed E-state index contributed by atoms with van der Waals surface area (Å²) in [6.07, 6.45) is -3.15. The molecule has 2 heterocycles. The molecule has 0 unspecified atom stereocenters. The van der Waals surface area contributed by atoms with E-state index in [1.807, 2.05) is 0 Å². The summed E-state index contributed by atoms with van der Waals surface area (Å²) in [6, 6.07) is 3.82. The highest BCUT2D eigenvalue weighted by atomic mass is 32.1. The third-order valence-corrected chi connectivity index (χ3v) is 5.79. The third-order valence-electron chi connectivity index (χ3n) is 4.98. The molecule has 0 radical (unpaired) electrons. The van der Waals surface area contributed by atoms with E-state index in [9.17, 15) is 27.6 Å². The van der Waals surface area contributed by atoms with Gasteiger partial charge in [-0.15, -0.1) is 5.10 Å². The number of aromatic nitrogens is 2. The molecule has 1 aliphatic heterocycles. The van der Waals surface area contributed by atoms with Crippen molar-refractivity contribution >= 4 is 34.9 Å². The van der Waals surface area contributed by atoms with Crippen LogP contribution < -0.4 is 10.6 Å². The van der Waals surface area contributed by atoms with E-state index in [2.05, 4.69) is 20.2 Å². The number of benzene rings is 1. The Morgan fingerprint density at radius 2 is 1.77 bits per heavy atom. The van der Waals surface area contributed by atoms with E-state index in [0.717, 1.165) is 35.8 Å². The van der Waals surface area contributed by atoms with Crippen molar-refractivity contribution in [3.05, 3.63) is 40.4 Å². The van der Waals surface area contributed by atoms with E-state index in [1.165, 1.54) is 0 Å². The van der Waals surface area contributed by atoms with Gasteiger partial charge in [0.15, 0.2) is 0 Å². The summed E-state index contributed by atoms with van der Waals surface area (Å²) in [7, 11) is 0. The number of amides is 3. The number of anilines is 1. The summed E-state index contributed by atoms with van der Waals surface area (Å²) >= 11 is 1.06. The molecule has 0 spiro atoms. The minimum Gasteiger partial charge on any atom is -0.348 e. The zero-order valence-electron chi connectivity index (χ0n) is 16.5. The lowest BCUT2D eigenvalue weighted by molar-refractivity contribution is -0.137. The molecule has 31 heavy (non-hydrogen) atoms. The molecule has 1 aromatic carbocycles. The van der Waals surface area contributed by atoms with Crippen molar-refractivity contribution in [2.45, 2.75) is 25.9 Å². The molecule has 0 saturated carbocycles. The minimum absolute atomic E-state index is 0.0906. The average Bonchev–Trinajstić information content (AvgIpc) is 3.17. The Morgan fingerprint density at radius 3 is 2.32 bits per heavy atom. The maximum Gasteiger partial charge on any atom is 0.416 e. The van der Waals surface area contributed by atoms with Gasteiger partial charge in [-0.05, 0) is 61.5 Å². The van der Waals surface area contributed by atoms with Crippen LogP contribution in [-0.2, 0) is 15.8 Å². The highest BCUT2D eigenvalue weighted by Crippen LogP contribution is 2.29. The fraction of sp³-hybridized carbons (Fsp3) is 0.421. The Morgan fingerprint density at radius 1 is 1.13 bits per heavy atom. The molecule has 1 saturated heterocycles. The first-order valence-electron chi connectivity index (χ1n) is 9.50. The predicted octanol–water partition coefficient (Wildman–Crippen LogP) is 2.47. The van der Waals surface area contributed by atoms with E-state index in [4.69, 9.17) is 0 Å². The van der Waals surface area contributed by atoms with Crippen LogP contribution in [0.2, 0.25) is 0 Å². The first-order chi connectivity index (χ1) is 14.6. The van der Waals surface area contributed by atoms with Crippen LogP contribution in [0.25, 0.3) is 0 Å². The molecule has 2 aromatic rings. The number of alkyl halides is 3. The number of rotatable bonds is 4. The number of nitrogens with one attached hydrogen (secondary N) is 2. The van der Waals surface area contributed by atoms with Crippen LogP contribution >= 0.6 is 11.5 Å². The van der Waals surface area contributed by atoms with E-state index in [0.29, 0.717) is 36.5 Å². The number of aryl methyl sites for hydroxylation is 1. The third kappa shape index (κ3) is 5.78. The zero-order chi connectivity index (χ0) is 22.6. The van der Waals surface area contributed by atoms with Gasteiger partial charge in [-0.25, -0.2) is 0 Å². The summed E-state index contributed by atoms with van der Waals surface area (Å²) < 4.78 is 41.5. The second kappa shape index (κ2) is 9.41. The summed E-state index contributed by atoms with van der Waals surface area (Å²) in [5.41, 5.74) is -0.155. The van der Waals surface area contributed by atoms with Crippen LogP contribution in [0.5, 0.6) is 0 Å². The first kappa shape index (κ1) is 22.7. The molecule has 1 fully saturated rings. The molecule has 1 aromatic heterocycles. The standard InChI is InChI=1S/C19H20F3N5O3S/c1-11-15(31-26-25-11)18(30)27-8-6-12(7-9-27)10-23-16(28)17(29)24-14-4-2-13(3-5-14)19(20,21)22/h2-5,12H,6-10H2,1H3,(H,23,28)(H,24,29). The number of carbonyl (C=O) groups excluding carboxylic acids is 3. The molecule has 8 nitrogen and oxygen atoms in total. The van der Waals surface area contributed by atoms with Gasteiger partial charge >= 0.3 is 18.0 Å². The van der Waals surface area contributed by atoms with Crippen molar-refractivity contribution < 1.29 is 27.6 Å². The lowest BCUT2D eigenvalue weighted by atomic mass is 9.96. The largest absolute Gasteiger partial charge is 0.416 e. The van der Waals surface area contributed by atoms with Gasteiger partial charge < -0.3 is 15.5 Å². The number of likely N-dealkylation sites (tertiary alicyclic amines) is 1. The van der Waals surface area contributed by atoms with Crippen LogP contribution in [-0.4, -0.2) is 51.8 Å². The Bertz CT molecular complexity index is 953. The molecule has 0 atom stereocenters. The number of hydrogen-bond donors (Lipinski definition) is 2. The highest BCUT2D eigenvalue weighted by molar-refractivity contribution is 7.07. The molecule has 1 aliphatic rings. The van der Waals surface area contributed by atoms with Gasteiger partial charge in [0, 0.05) is 25.3 Å². The minimum atomic E-state index is -4.48. The zero-order valence-corrected chi connectivity index (χ0v) is 17.3. The van der Waals surface area contributed by atoms with Gasteiger partial charge in [0.25, 0.3) is 5.91 Å². The van der Waals surface area contributed by atoms with E-state index in [1.54, 1.807) is 11.8 Å². The molecule has 0 aliphatic carbocycles. The van der Waals surface area contributed by atoms with Crippen LogP contribution in [0.3, 0.4) is 0 Å². The van der Waals surface area contributed by atoms with Crippen molar-refractivity contribution in [2.75, 3.05) is 25.0 Å². The Balaban J connectivity index is 1.42. The Labute approximate surface area is 180 Å². The molecule has 166 valence electrons. The van der Waals surface area contributed by atoms with Gasteiger partial charge in [-0.2, -0.15) is 13.2 Å². The summed E-state index contributed by atoms with van der Waals surface area (Å²) in [5, 5.41) is 8.65. The van der Waals surface area contributed by atoms with Gasteiger partial charge in [0.1, 0.15) is 4.88 Å². The van der Waals surface area contributed by atoms with Gasteiger partial charge in [0.2, 0.25) is 0 Å². The summed E-state index contributed by atoms with van der Waals surface area (Å²) in [4.78, 5) is 38.7. The van der Waals surface area contributed by atoms with Crippen molar-refractivity contribution in [1.82, 2.24) is 19.8 Å². The van der Waals surface area contributed by atoms with Crippen LogP contribution in [0.15, 0.2) is 24.3 Å². The predicted molar refractivity (Wildman–Crippen MR) is 106 cm³/mol. The second-order valence-electron chi connectivity index (χ2n) is 7.16. The van der Waals surface area contributed by atoms with Crippen LogP contribution in [0.4, 0.5) is 18.9 Å². The number of piperidine rings is 1. The fourth-order valence-electron chi connectivity index (χ4n) is 3.16. The smallest absolute Gasteiger partial charge is 0.348 e. The molecular formula is C19H20F3N5O3S. The number of carbonyl (C=O) groups is 3. The SMILES string of the molecule is Cc1nnsc1C(=O)N1CCC(CNC(=O)C(=O)Nc2ccc(C(F)(F)F)cc2)CC1. The van der Waals surface area contributed by atoms with Crippen molar-refractivity contribution in [2.24, 2.45) is 5.92 Å². The van der Waals surface area contributed by atoms with Crippen molar-refractivity contribution in [3.63, 3.8) is 0 Å². The van der Waals surface area contributed by atoms with Crippen LogP contribution in [0.1, 0.15) is 33.8 Å². The maximum atomic E-state index is 12.6. The molecule has 0 bridgehead atoms. The van der Waals surface area contributed by atoms with E-state index in [-0.39, 0.29) is 24.1 Å². The molecule has 3 rings (SSSR count). The Hall–Kier alpha value is -3.02. The average molecular weight is 455 g/mol. The summed E-state index contributed by atoms with van der Waals surface area (Å²) in [5.74, 6) is -1.83. The fourth-order valence-corrected chi connectivity index (χ4v) is 3.78. The molecule has 2 N–H and O–H groups in total. The second-order valence-corrected chi connectivity index (χ2v) is 7.92.